The normalized spacial score (nSPS) is 10.8. The molecule has 0 fully saturated rings. The van der Waals surface area contributed by atoms with Gasteiger partial charge in [0.2, 0.25) is 0 Å². The Labute approximate surface area is 151 Å². The Morgan fingerprint density at radius 2 is 1.80 bits per heavy atom. The molecule has 0 saturated carbocycles. The van der Waals surface area contributed by atoms with Crippen LogP contribution in [0.1, 0.15) is 29.3 Å². The van der Waals surface area contributed by atoms with E-state index in [0.29, 0.717) is 5.75 Å². The topological polar surface area (TPSA) is 60.7 Å². The molecule has 0 spiro atoms. The molecule has 3 rings (SSSR count). The Hall–Kier alpha value is -2.47. The molecule has 0 aliphatic rings. The molecule has 25 heavy (non-hydrogen) atoms. The van der Waals surface area contributed by atoms with E-state index in [1.165, 1.54) is 11.8 Å². The molecule has 6 heteroatoms. The van der Waals surface area contributed by atoms with Gasteiger partial charge in [0.1, 0.15) is 0 Å². The molecule has 0 saturated heterocycles. The number of aromatic nitrogens is 4. The highest BCUT2D eigenvalue weighted by Crippen LogP contribution is 2.24. The molecule has 2 aromatic heterocycles. The van der Waals surface area contributed by atoms with Crippen LogP contribution in [0.4, 0.5) is 0 Å². The van der Waals surface area contributed by atoms with Crippen molar-refractivity contribution in [3.05, 3.63) is 59.9 Å². The highest BCUT2D eigenvalue weighted by atomic mass is 32.2. The second-order valence-electron chi connectivity index (χ2n) is 5.77. The van der Waals surface area contributed by atoms with Crippen molar-refractivity contribution in [2.45, 2.75) is 32.0 Å². The Morgan fingerprint density at radius 3 is 2.48 bits per heavy atom. The maximum atomic E-state index is 12.4. The van der Waals surface area contributed by atoms with Crippen LogP contribution in [0, 0.1) is 6.92 Å². The molecular formula is C19H20N4OS. The van der Waals surface area contributed by atoms with Crippen molar-refractivity contribution in [2.75, 3.05) is 5.75 Å². The molecule has 0 aliphatic carbocycles. The lowest BCUT2D eigenvalue weighted by atomic mass is 10.1. The number of nitrogens with zero attached hydrogens (tertiary/aromatic N) is 4. The highest BCUT2D eigenvalue weighted by molar-refractivity contribution is 7.99. The molecule has 0 radical (unpaired) electrons. The number of thioether (sulfide) groups is 1. The first kappa shape index (κ1) is 17.4. The Bertz CT molecular complexity index is 844. The molecule has 0 unspecified atom stereocenters. The second-order valence-corrected chi connectivity index (χ2v) is 6.71. The third-order valence-electron chi connectivity index (χ3n) is 3.81. The summed E-state index contributed by atoms with van der Waals surface area (Å²) in [7, 11) is 0. The number of carbonyl (C=O) groups is 1. The summed E-state index contributed by atoms with van der Waals surface area (Å²) < 4.78 is 2.07. The van der Waals surface area contributed by atoms with Gasteiger partial charge in [0.15, 0.2) is 16.8 Å². The predicted molar refractivity (Wildman–Crippen MR) is 99.8 cm³/mol. The van der Waals surface area contributed by atoms with Gasteiger partial charge in [-0.05, 0) is 25.5 Å². The highest BCUT2D eigenvalue weighted by Gasteiger charge is 2.15. The lowest BCUT2D eigenvalue weighted by Crippen LogP contribution is -2.06. The molecule has 128 valence electrons. The quantitative estimate of drug-likeness (QED) is 0.474. The first-order chi connectivity index (χ1) is 12.2. The van der Waals surface area contributed by atoms with Crippen molar-refractivity contribution in [3.8, 4) is 11.4 Å². The Kier molecular flexibility index (Phi) is 5.60. The zero-order chi connectivity index (χ0) is 17.6. The lowest BCUT2D eigenvalue weighted by Gasteiger charge is -2.08. The zero-order valence-electron chi connectivity index (χ0n) is 14.3. The fourth-order valence-electron chi connectivity index (χ4n) is 2.49. The second kappa shape index (κ2) is 8.07. The molecule has 5 nitrogen and oxygen atoms in total. The summed E-state index contributed by atoms with van der Waals surface area (Å²) in [5.41, 5.74) is 2.86. The Morgan fingerprint density at radius 1 is 1.08 bits per heavy atom. The summed E-state index contributed by atoms with van der Waals surface area (Å²) in [6.45, 7) is 4.94. The van der Waals surface area contributed by atoms with Crippen LogP contribution in [-0.4, -0.2) is 31.3 Å². The third-order valence-corrected chi connectivity index (χ3v) is 4.78. The minimum absolute atomic E-state index is 0.0986. The van der Waals surface area contributed by atoms with Crippen LogP contribution in [0.15, 0.2) is 53.9 Å². The van der Waals surface area contributed by atoms with E-state index in [9.17, 15) is 4.79 Å². The molecule has 0 atom stereocenters. The largest absolute Gasteiger partial charge is 0.302 e. The monoisotopic (exact) mass is 352 g/mol. The number of ketones is 1. The maximum absolute atomic E-state index is 12.4. The molecular weight excluding hydrogens is 332 g/mol. The van der Waals surface area contributed by atoms with Gasteiger partial charge in [0, 0.05) is 30.1 Å². The molecule has 1 aromatic carbocycles. The number of aryl methyl sites for hydroxylation is 1. The van der Waals surface area contributed by atoms with E-state index < -0.39 is 0 Å². The van der Waals surface area contributed by atoms with Gasteiger partial charge in [-0.2, -0.15) is 0 Å². The van der Waals surface area contributed by atoms with Gasteiger partial charge in [-0.15, -0.1) is 10.2 Å². The maximum Gasteiger partial charge on any atom is 0.191 e. The van der Waals surface area contributed by atoms with Crippen LogP contribution in [-0.2, 0) is 6.54 Å². The minimum Gasteiger partial charge on any atom is -0.302 e. The summed E-state index contributed by atoms with van der Waals surface area (Å²) in [4.78, 5) is 16.4. The van der Waals surface area contributed by atoms with E-state index in [2.05, 4.69) is 26.7 Å². The van der Waals surface area contributed by atoms with E-state index >= 15 is 0 Å². The van der Waals surface area contributed by atoms with Gasteiger partial charge >= 0.3 is 0 Å². The number of rotatable bonds is 7. The van der Waals surface area contributed by atoms with Crippen LogP contribution in [0.2, 0.25) is 0 Å². The first-order valence-electron chi connectivity index (χ1n) is 8.25. The van der Waals surface area contributed by atoms with Gasteiger partial charge in [-0.25, -0.2) is 0 Å². The van der Waals surface area contributed by atoms with Crippen LogP contribution >= 0.6 is 11.8 Å². The Balaban J connectivity index is 1.77. The third kappa shape index (κ3) is 4.14. The molecule has 0 aliphatic heterocycles. The zero-order valence-corrected chi connectivity index (χ0v) is 15.2. The van der Waals surface area contributed by atoms with E-state index in [4.69, 9.17) is 0 Å². The van der Waals surface area contributed by atoms with Gasteiger partial charge in [-0.3, -0.25) is 9.78 Å². The van der Waals surface area contributed by atoms with E-state index in [0.717, 1.165) is 40.6 Å². The number of carbonyl (C=O) groups excluding carboxylic acids is 1. The number of benzene rings is 1. The average molecular weight is 352 g/mol. The van der Waals surface area contributed by atoms with Crippen molar-refractivity contribution in [1.29, 1.82) is 0 Å². The van der Waals surface area contributed by atoms with Gasteiger partial charge in [0.25, 0.3) is 0 Å². The number of hydrogen-bond donors (Lipinski definition) is 0. The lowest BCUT2D eigenvalue weighted by molar-refractivity contribution is 0.102. The van der Waals surface area contributed by atoms with E-state index in [1.54, 1.807) is 12.4 Å². The number of hydrogen-bond acceptors (Lipinski definition) is 5. The molecule has 2 heterocycles. The fourth-order valence-corrected chi connectivity index (χ4v) is 3.35. The number of pyridine rings is 1. The predicted octanol–water partition coefficient (Wildman–Crippen LogP) is 4.03. The van der Waals surface area contributed by atoms with Crippen molar-refractivity contribution >= 4 is 17.5 Å². The summed E-state index contributed by atoms with van der Waals surface area (Å²) >= 11 is 1.43. The van der Waals surface area contributed by atoms with Crippen LogP contribution in [0.25, 0.3) is 11.4 Å². The van der Waals surface area contributed by atoms with Crippen molar-refractivity contribution in [3.63, 3.8) is 0 Å². The summed E-state index contributed by atoms with van der Waals surface area (Å²) in [6.07, 6.45) is 4.46. The van der Waals surface area contributed by atoms with E-state index in [1.807, 2.05) is 43.3 Å². The SMILES string of the molecule is CCCn1c(SCC(=O)c2ccc(C)cc2)nnc1-c1ccncc1. The molecule has 3 aromatic rings. The van der Waals surface area contributed by atoms with Gasteiger partial charge in [-0.1, -0.05) is 48.5 Å². The number of Topliss-reactive ketones (excluding diaryl/α,β-unsaturated/α-hetero) is 1. The van der Waals surface area contributed by atoms with Crippen LogP contribution in [0.3, 0.4) is 0 Å². The van der Waals surface area contributed by atoms with Crippen molar-refractivity contribution in [1.82, 2.24) is 19.7 Å². The van der Waals surface area contributed by atoms with Gasteiger partial charge in [0.05, 0.1) is 5.75 Å². The molecule has 0 amide bonds. The van der Waals surface area contributed by atoms with Crippen LogP contribution < -0.4 is 0 Å². The van der Waals surface area contributed by atoms with Gasteiger partial charge < -0.3 is 4.57 Å². The smallest absolute Gasteiger partial charge is 0.191 e. The van der Waals surface area contributed by atoms with Crippen LogP contribution in [0.5, 0.6) is 0 Å². The van der Waals surface area contributed by atoms with Crippen molar-refractivity contribution in [2.24, 2.45) is 0 Å². The summed E-state index contributed by atoms with van der Waals surface area (Å²) in [5.74, 6) is 1.26. The van der Waals surface area contributed by atoms with Crippen molar-refractivity contribution < 1.29 is 4.79 Å². The molecule has 0 N–H and O–H groups in total. The summed E-state index contributed by atoms with van der Waals surface area (Å²) in [6, 6.07) is 11.5. The standard InChI is InChI=1S/C19H20N4OS/c1-3-12-23-18(16-8-10-20-11-9-16)21-22-19(23)25-13-17(24)15-6-4-14(2)5-7-15/h4-11H,3,12-13H2,1-2H3. The fraction of sp³-hybridized carbons (Fsp3) is 0.263. The summed E-state index contributed by atoms with van der Waals surface area (Å²) in [5, 5.41) is 9.39. The average Bonchev–Trinajstić information content (AvgIpc) is 3.04. The minimum atomic E-state index is 0.0986. The first-order valence-corrected chi connectivity index (χ1v) is 9.24. The van der Waals surface area contributed by atoms with E-state index in [-0.39, 0.29) is 5.78 Å². The molecule has 0 bridgehead atoms.